The van der Waals surface area contributed by atoms with E-state index >= 15 is 0 Å². The van der Waals surface area contributed by atoms with E-state index < -0.39 is 0 Å². The van der Waals surface area contributed by atoms with Crippen LogP contribution in [0.25, 0.3) is 28.1 Å². The molecule has 3 aromatic heterocycles. The molecule has 0 saturated carbocycles. The first kappa shape index (κ1) is 29.6. The van der Waals surface area contributed by atoms with Crippen molar-refractivity contribution in [1.29, 1.82) is 0 Å². The Morgan fingerprint density at radius 1 is 0.977 bits per heavy atom. The number of benzene rings is 1. The summed E-state index contributed by atoms with van der Waals surface area (Å²) < 4.78 is 7.89. The molecule has 0 atom stereocenters. The normalized spacial score (nSPS) is 16.2. The van der Waals surface area contributed by atoms with Crippen LogP contribution in [0.2, 0.25) is 0 Å². The maximum Gasteiger partial charge on any atom is 0.219 e. The van der Waals surface area contributed by atoms with Crippen LogP contribution in [0, 0.1) is 0 Å². The Balaban J connectivity index is 0.00000168. The average molecular weight is 591 g/mol. The number of aldehydes is 1. The van der Waals surface area contributed by atoms with Gasteiger partial charge in [-0.1, -0.05) is 30.3 Å². The molecule has 1 aromatic carbocycles. The first-order valence-electron chi connectivity index (χ1n) is 15.3. The van der Waals surface area contributed by atoms with E-state index in [0.29, 0.717) is 18.2 Å². The van der Waals surface area contributed by atoms with Crippen LogP contribution >= 0.6 is 0 Å². The average Bonchev–Trinajstić information content (AvgIpc) is 3.48. The van der Waals surface area contributed by atoms with Crippen LogP contribution < -0.4 is 5.73 Å². The first-order chi connectivity index (χ1) is 21.6. The number of aryl methyl sites for hydroxylation is 1. The zero-order valence-corrected chi connectivity index (χ0v) is 25.3. The van der Waals surface area contributed by atoms with Gasteiger partial charge in [-0.15, -0.1) is 0 Å². The number of fused-ring (bicyclic) bond motifs is 2. The van der Waals surface area contributed by atoms with Crippen LogP contribution in [0.5, 0.6) is 0 Å². The molecule has 0 spiro atoms. The molecule has 4 aromatic rings. The highest BCUT2D eigenvalue weighted by Gasteiger charge is 2.32. The summed E-state index contributed by atoms with van der Waals surface area (Å²) in [6.07, 6.45) is 11.6. The van der Waals surface area contributed by atoms with Crippen molar-refractivity contribution in [3.8, 4) is 22.5 Å². The Bertz CT molecular complexity index is 1680. The predicted molar refractivity (Wildman–Crippen MR) is 170 cm³/mol. The Hall–Kier alpha value is -4.47. The number of ether oxygens (including phenoxy) is 1. The maximum atomic E-state index is 12.3. The van der Waals surface area contributed by atoms with Crippen LogP contribution in [-0.4, -0.2) is 63.6 Å². The summed E-state index contributed by atoms with van der Waals surface area (Å²) in [6.45, 7) is 4.49. The monoisotopic (exact) mass is 590 g/mol. The van der Waals surface area contributed by atoms with Gasteiger partial charge in [0.15, 0.2) is 0 Å². The topological polar surface area (TPSA) is 116 Å². The molecule has 0 unspecified atom stereocenters. The van der Waals surface area contributed by atoms with Gasteiger partial charge < -0.3 is 15.4 Å². The van der Waals surface area contributed by atoms with Crippen molar-refractivity contribution in [1.82, 2.24) is 24.6 Å². The van der Waals surface area contributed by atoms with E-state index in [9.17, 15) is 9.59 Å². The smallest absolute Gasteiger partial charge is 0.219 e. The quantitative estimate of drug-likeness (QED) is 0.324. The lowest BCUT2D eigenvalue weighted by Crippen LogP contribution is -2.35. The van der Waals surface area contributed by atoms with Gasteiger partial charge in [-0.3, -0.25) is 24.2 Å². The van der Waals surface area contributed by atoms with E-state index in [-0.39, 0.29) is 5.91 Å². The molecule has 1 amide bonds. The molecule has 2 aliphatic heterocycles. The lowest BCUT2D eigenvalue weighted by Gasteiger charge is -2.29. The molecule has 1 fully saturated rings. The zero-order valence-electron chi connectivity index (χ0n) is 25.3. The summed E-state index contributed by atoms with van der Waals surface area (Å²) in [6, 6.07) is 14.0. The number of hydrogen-bond acceptors (Lipinski definition) is 7. The second-order valence-corrected chi connectivity index (χ2v) is 11.3. The summed E-state index contributed by atoms with van der Waals surface area (Å²) in [4.78, 5) is 34.8. The molecule has 5 heterocycles. The molecule has 1 aliphatic carbocycles. The summed E-state index contributed by atoms with van der Waals surface area (Å²) in [5.74, 6) is 0.104. The number of nitrogens with zero attached hydrogens (tertiary/aromatic N) is 5. The third kappa shape index (κ3) is 5.73. The number of aromatic nitrogens is 4. The number of rotatable bonds is 5. The third-order valence-electron chi connectivity index (χ3n) is 8.77. The number of hydrogen-bond donors (Lipinski definition) is 1. The molecule has 0 bridgehead atoms. The van der Waals surface area contributed by atoms with Gasteiger partial charge in [-0.05, 0) is 56.5 Å². The van der Waals surface area contributed by atoms with Crippen molar-refractivity contribution in [2.45, 2.75) is 51.6 Å². The highest BCUT2D eigenvalue weighted by molar-refractivity contribution is 5.84. The molecular formula is C35H38N6O3. The Labute approximate surface area is 257 Å². The lowest BCUT2D eigenvalue weighted by molar-refractivity contribution is -0.129. The number of nitrogens with two attached hydrogens (primary N) is 1. The van der Waals surface area contributed by atoms with Crippen molar-refractivity contribution in [3.05, 3.63) is 94.6 Å². The van der Waals surface area contributed by atoms with E-state index in [0.717, 1.165) is 97.5 Å². The van der Waals surface area contributed by atoms with Gasteiger partial charge >= 0.3 is 0 Å². The first-order valence-corrected chi connectivity index (χ1v) is 15.3. The van der Waals surface area contributed by atoms with Gasteiger partial charge in [0, 0.05) is 91.1 Å². The van der Waals surface area contributed by atoms with E-state index in [4.69, 9.17) is 14.8 Å². The van der Waals surface area contributed by atoms with E-state index in [1.54, 1.807) is 19.1 Å². The SMILES string of the molecule is CC(=O)N1CCc2c(c(C3=CCCc4cc(-c5ccc(-c6ccc(C=O)cc6)nc5)ncc43)nn2C2CCOCC2)C1.CN. The Morgan fingerprint density at radius 2 is 1.73 bits per heavy atom. The second kappa shape index (κ2) is 13.0. The van der Waals surface area contributed by atoms with Gasteiger partial charge in [0.05, 0.1) is 23.1 Å². The molecular weight excluding hydrogens is 552 g/mol. The molecule has 7 rings (SSSR count). The summed E-state index contributed by atoms with van der Waals surface area (Å²) in [7, 11) is 1.50. The molecule has 9 nitrogen and oxygen atoms in total. The Kier molecular flexibility index (Phi) is 8.77. The highest BCUT2D eigenvalue weighted by Crippen LogP contribution is 2.38. The summed E-state index contributed by atoms with van der Waals surface area (Å²) in [5, 5.41) is 5.26. The molecule has 0 radical (unpaired) electrons. The maximum absolute atomic E-state index is 12.3. The van der Waals surface area contributed by atoms with Crippen molar-refractivity contribution in [2.24, 2.45) is 5.73 Å². The van der Waals surface area contributed by atoms with Crippen LogP contribution in [-0.2, 0) is 28.9 Å². The van der Waals surface area contributed by atoms with Crippen molar-refractivity contribution >= 4 is 17.8 Å². The van der Waals surface area contributed by atoms with Crippen molar-refractivity contribution in [2.75, 3.05) is 26.8 Å². The van der Waals surface area contributed by atoms with Crippen molar-refractivity contribution in [3.63, 3.8) is 0 Å². The van der Waals surface area contributed by atoms with E-state index in [1.165, 1.54) is 23.9 Å². The summed E-state index contributed by atoms with van der Waals surface area (Å²) >= 11 is 0. The summed E-state index contributed by atoms with van der Waals surface area (Å²) in [5.41, 5.74) is 15.7. The molecule has 9 heteroatoms. The van der Waals surface area contributed by atoms with Crippen molar-refractivity contribution < 1.29 is 14.3 Å². The molecule has 1 saturated heterocycles. The second-order valence-electron chi connectivity index (χ2n) is 11.3. The van der Waals surface area contributed by atoms with Gasteiger partial charge in [-0.25, -0.2) is 0 Å². The fourth-order valence-corrected chi connectivity index (χ4v) is 6.42. The zero-order chi connectivity index (χ0) is 30.6. The largest absolute Gasteiger partial charge is 0.381 e. The van der Waals surface area contributed by atoms with Crippen LogP contribution in [0.3, 0.4) is 0 Å². The van der Waals surface area contributed by atoms with Crippen LogP contribution in [0.15, 0.2) is 60.9 Å². The standard InChI is InChI=1S/C34H33N5O3.CH5N/c1-22(41)38-14-11-33-30(20-38)34(37-39(33)27-12-15-42-16-13-27)28-4-2-3-25-17-32(36-19-29(25)28)26-9-10-31(35-18-26)24-7-5-23(21-40)6-8-24;1-2/h4-10,17-19,21,27H,2-3,11-16,20H2,1H3;2H2,1H3. The van der Waals surface area contributed by atoms with Gasteiger partial charge in [0.25, 0.3) is 0 Å². The number of carbonyl (C=O) groups excluding carboxylic acids is 2. The number of carbonyl (C=O) groups is 2. The Morgan fingerprint density at radius 3 is 2.43 bits per heavy atom. The highest BCUT2D eigenvalue weighted by atomic mass is 16.5. The van der Waals surface area contributed by atoms with Crippen LogP contribution in [0.4, 0.5) is 0 Å². The number of amides is 1. The van der Waals surface area contributed by atoms with E-state index in [1.807, 2.05) is 41.6 Å². The molecule has 44 heavy (non-hydrogen) atoms. The molecule has 226 valence electrons. The van der Waals surface area contributed by atoms with Gasteiger partial charge in [0.2, 0.25) is 5.91 Å². The van der Waals surface area contributed by atoms with Gasteiger partial charge in [-0.2, -0.15) is 5.10 Å². The van der Waals surface area contributed by atoms with Crippen LogP contribution in [0.1, 0.15) is 70.7 Å². The number of allylic oxidation sites excluding steroid dienone is 1. The predicted octanol–water partition coefficient (Wildman–Crippen LogP) is 5.03. The molecule has 3 aliphatic rings. The lowest BCUT2D eigenvalue weighted by atomic mass is 9.87. The van der Waals surface area contributed by atoms with E-state index in [2.05, 4.69) is 27.5 Å². The number of pyridine rings is 2. The minimum Gasteiger partial charge on any atom is -0.381 e. The molecule has 2 N–H and O–H groups in total. The minimum atomic E-state index is 0.104. The fourth-order valence-electron chi connectivity index (χ4n) is 6.42. The van der Waals surface area contributed by atoms with Gasteiger partial charge in [0.1, 0.15) is 6.29 Å². The third-order valence-corrected chi connectivity index (χ3v) is 8.77. The fraction of sp³-hybridized carbons (Fsp3) is 0.343. The minimum absolute atomic E-state index is 0.104.